The predicted octanol–water partition coefficient (Wildman–Crippen LogP) is 8.29. The number of aromatic nitrogens is 1. The lowest BCUT2D eigenvalue weighted by Crippen LogP contribution is -2.51. The molecule has 7 aromatic rings. The molecule has 0 spiro atoms. The molecule has 1 aromatic heterocycles. The van der Waals surface area contributed by atoms with Gasteiger partial charge in [0, 0.05) is 12.4 Å². The summed E-state index contributed by atoms with van der Waals surface area (Å²) < 4.78 is 0. The van der Waals surface area contributed by atoms with Gasteiger partial charge in [-0.2, -0.15) is 0 Å². The molecule has 0 aliphatic heterocycles. The molecule has 204 valence electrons. The fourth-order valence-electron chi connectivity index (χ4n) is 5.39. The Labute approximate surface area is 255 Å². The van der Waals surface area contributed by atoms with Crippen LogP contribution in [0, 0.1) is 0 Å². The van der Waals surface area contributed by atoms with E-state index in [-0.39, 0.29) is 6.71 Å². The van der Waals surface area contributed by atoms with E-state index in [1.165, 1.54) is 49.8 Å². The van der Waals surface area contributed by atoms with Gasteiger partial charge in [0.2, 0.25) is 6.71 Å². The van der Waals surface area contributed by atoms with Crippen molar-refractivity contribution >= 4 is 23.1 Å². The lowest BCUT2D eigenvalue weighted by molar-refractivity contribution is 1.33. The van der Waals surface area contributed by atoms with Crippen LogP contribution in [0.15, 0.2) is 194 Å². The van der Waals surface area contributed by atoms with E-state index in [4.69, 9.17) is 0 Å². The van der Waals surface area contributed by atoms with Crippen LogP contribution in [0.3, 0.4) is 0 Å². The average Bonchev–Trinajstić information content (AvgIpc) is 3.11. The van der Waals surface area contributed by atoms with Gasteiger partial charge in [0.1, 0.15) is 0 Å². The molecule has 0 bridgehead atoms. The van der Waals surface area contributed by atoms with Crippen LogP contribution in [0.4, 0.5) is 0 Å². The summed E-state index contributed by atoms with van der Waals surface area (Å²) in [5.74, 6) is 0. The lowest BCUT2D eigenvalue weighted by Gasteiger charge is -2.17. The van der Waals surface area contributed by atoms with Crippen molar-refractivity contribution in [1.29, 1.82) is 0 Å². The van der Waals surface area contributed by atoms with Crippen LogP contribution >= 0.6 is 0 Å². The summed E-state index contributed by atoms with van der Waals surface area (Å²) in [6, 6.07) is 64.6. The van der Waals surface area contributed by atoms with Crippen molar-refractivity contribution in [2.75, 3.05) is 0 Å². The monoisotopic (exact) mass is 549 g/mol. The molecule has 0 unspecified atom stereocenters. The van der Waals surface area contributed by atoms with E-state index < -0.39 is 0 Å². The van der Waals surface area contributed by atoms with Gasteiger partial charge in [-0.15, -0.1) is 0 Å². The van der Waals surface area contributed by atoms with Crippen LogP contribution in [-0.4, -0.2) is 11.7 Å². The normalized spacial score (nSPS) is 10.3. The first kappa shape index (κ1) is 27.7. The second-order valence-corrected chi connectivity index (χ2v) is 10.4. The first-order chi connectivity index (χ1) is 21.3. The molecule has 1 nitrogen and oxygen atoms in total. The maximum Gasteiger partial charge on any atom is 0.241 e. The molecule has 0 saturated heterocycles. The van der Waals surface area contributed by atoms with Gasteiger partial charge in [-0.05, 0) is 45.5 Å². The number of pyridine rings is 1. The van der Waals surface area contributed by atoms with Gasteiger partial charge < -0.3 is 0 Å². The molecule has 0 N–H and O–H groups in total. The maximum atomic E-state index is 3.78. The highest BCUT2D eigenvalue weighted by Gasteiger charge is 2.22. The molecule has 0 saturated carbocycles. The van der Waals surface area contributed by atoms with Gasteiger partial charge in [0.05, 0.1) is 0 Å². The van der Waals surface area contributed by atoms with E-state index in [1.807, 2.05) is 18.2 Å². The van der Waals surface area contributed by atoms with E-state index in [2.05, 4.69) is 169 Å². The molecule has 0 atom stereocenters. The van der Waals surface area contributed by atoms with Crippen molar-refractivity contribution in [3.8, 4) is 33.4 Å². The van der Waals surface area contributed by atoms with E-state index in [1.54, 1.807) is 12.4 Å². The Morgan fingerprint density at radius 2 is 0.512 bits per heavy atom. The van der Waals surface area contributed by atoms with Crippen molar-refractivity contribution in [1.82, 2.24) is 4.98 Å². The van der Waals surface area contributed by atoms with E-state index in [0.717, 1.165) is 0 Å². The molecule has 0 fully saturated rings. The number of hydrogen-bond acceptors (Lipinski definition) is 1. The van der Waals surface area contributed by atoms with Crippen molar-refractivity contribution in [2.45, 2.75) is 0 Å². The Bertz CT molecular complexity index is 1580. The highest BCUT2D eigenvalue weighted by molar-refractivity contribution is 6.95. The summed E-state index contributed by atoms with van der Waals surface area (Å²) in [5, 5.41) is 0. The zero-order chi connectivity index (χ0) is 29.1. The maximum absolute atomic E-state index is 3.78. The fourth-order valence-corrected chi connectivity index (χ4v) is 5.39. The minimum absolute atomic E-state index is 0.152. The van der Waals surface area contributed by atoms with Crippen molar-refractivity contribution in [3.05, 3.63) is 194 Å². The largest absolute Gasteiger partial charge is 0.265 e. The Balaban J connectivity index is 0.000000491. The summed E-state index contributed by atoms with van der Waals surface area (Å²) in [7, 11) is 0. The van der Waals surface area contributed by atoms with E-state index in [0.29, 0.717) is 0 Å². The zero-order valence-electron chi connectivity index (χ0n) is 24.0. The van der Waals surface area contributed by atoms with Crippen LogP contribution in [0.25, 0.3) is 33.4 Å². The summed E-state index contributed by atoms with van der Waals surface area (Å²) in [6.45, 7) is 0.152. The van der Waals surface area contributed by atoms with Crippen molar-refractivity contribution in [3.63, 3.8) is 0 Å². The molecule has 2 heteroatoms. The Kier molecular flexibility index (Phi) is 8.98. The highest BCUT2D eigenvalue weighted by atomic mass is 14.6. The Hall–Kier alpha value is -5.47. The minimum Gasteiger partial charge on any atom is -0.265 e. The number of rotatable bonds is 6. The third-order valence-electron chi connectivity index (χ3n) is 7.62. The number of benzene rings is 6. The highest BCUT2D eigenvalue weighted by Crippen LogP contribution is 2.20. The topological polar surface area (TPSA) is 12.9 Å². The van der Waals surface area contributed by atoms with Crippen LogP contribution in [-0.2, 0) is 0 Å². The molecule has 43 heavy (non-hydrogen) atoms. The Morgan fingerprint density at radius 3 is 0.744 bits per heavy atom. The van der Waals surface area contributed by atoms with Crippen LogP contribution in [0.5, 0.6) is 0 Å². The predicted molar refractivity (Wildman–Crippen MR) is 185 cm³/mol. The molecule has 1 heterocycles. The number of hydrogen-bond donors (Lipinski definition) is 0. The van der Waals surface area contributed by atoms with E-state index >= 15 is 0 Å². The van der Waals surface area contributed by atoms with Crippen molar-refractivity contribution < 1.29 is 0 Å². The molecular formula is C41H32BN. The van der Waals surface area contributed by atoms with Gasteiger partial charge in [-0.25, -0.2) is 0 Å². The van der Waals surface area contributed by atoms with Gasteiger partial charge in [0.15, 0.2) is 0 Å². The van der Waals surface area contributed by atoms with Crippen LogP contribution < -0.4 is 16.4 Å². The smallest absolute Gasteiger partial charge is 0.241 e. The standard InChI is InChI=1S/C36H27B.C5H5N/c1-4-10-28(11-5-1)31-16-22-34(23-17-31)37(35-24-18-32(19-25-35)29-12-6-2-7-13-29)36-26-20-33(21-27-36)30-14-8-3-9-15-30;1-2-4-6-5-3-1/h1-27H;1-5H. The van der Waals surface area contributed by atoms with Crippen LogP contribution in [0.1, 0.15) is 0 Å². The van der Waals surface area contributed by atoms with Crippen LogP contribution in [0.2, 0.25) is 0 Å². The quantitative estimate of drug-likeness (QED) is 0.190. The minimum atomic E-state index is 0.152. The van der Waals surface area contributed by atoms with Gasteiger partial charge in [-0.3, -0.25) is 4.98 Å². The summed E-state index contributed by atoms with van der Waals surface area (Å²) >= 11 is 0. The lowest BCUT2D eigenvalue weighted by atomic mass is 9.37. The summed E-state index contributed by atoms with van der Waals surface area (Å²) in [5.41, 5.74) is 11.3. The first-order valence-corrected chi connectivity index (χ1v) is 14.7. The molecule has 0 aliphatic carbocycles. The van der Waals surface area contributed by atoms with E-state index in [9.17, 15) is 0 Å². The summed E-state index contributed by atoms with van der Waals surface area (Å²) in [6.07, 6.45) is 3.50. The number of nitrogens with zero attached hydrogens (tertiary/aromatic N) is 1. The summed E-state index contributed by atoms with van der Waals surface area (Å²) in [4.78, 5) is 3.78. The van der Waals surface area contributed by atoms with Crippen molar-refractivity contribution in [2.24, 2.45) is 0 Å². The third kappa shape index (κ3) is 7.06. The third-order valence-corrected chi connectivity index (χ3v) is 7.62. The fraction of sp³-hybridized carbons (Fsp3) is 0. The van der Waals surface area contributed by atoms with Gasteiger partial charge in [0.25, 0.3) is 0 Å². The van der Waals surface area contributed by atoms with Gasteiger partial charge in [-0.1, -0.05) is 186 Å². The average molecular weight is 550 g/mol. The second-order valence-electron chi connectivity index (χ2n) is 10.4. The molecule has 0 amide bonds. The molecule has 0 radical (unpaired) electrons. The SMILES string of the molecule is c1ccc(-c2ccc(B(c3ccc(-c4ccccc4)cc3)c3ccc(-c4ccccc4)cc3)cc2)cc1.c1ccncc1. The zero-order valence-corrected chi connectivity index (χ0v) is 24.0. The molecule has 7 rings (SSSR count). The second kappa shape index (κ2) is 13.9. The first-order valence-electron chi connectivity index (χ1n) is 14.7. The Morgan fingerprint density at radius 1 is 0.256 bits per heavy atom. The van der Waals surface area contributed by atoms with Gasteiger partial charge >= 0.3 is 0 Å². The molecule has 0 aliphatic rings. The molecule has 6 aromatic carbocycles. The molecular weight excluding hydrogens is 517 g/mol.